The molecule has 5 rings (SSSR count). The van der Waals surface area contributed by atoms with Crippen LogP contribution in [-0.2, 0) is 30.9 Å². The highest BCUT2D eigenvalue weighted by Gasteiger charge is 2.26. The second-order valence-corrected chi connectivity index (χ2v) is 11.2. The zero-order valence-corrected chi connectivity index (χ0v) is 22.9. The van der Waals surface area contributed by atoms with E-state index in [0.29, 0.717) is 55.7 Å². The molecule has 0 bridgehead atoms. The van der Waals surface area contributed by atoms with Crippen molar-refractivity contribution in [3.8, 4) is 0 Å². The fraction of sp³-hybridized carbons (Fsp3) is 0.250. The van der Waals surface area contributed by atoms with Gasteiger partial charge in [0.1, 0.15) is 5.84 Å². The van der Waals surface area contributed by atoms with E-state index >= 15 is 0 Å². The summed E-state index contributed by atoms with van der Waals surface area (Å²) in [5.41, 5.74) is 11.3. The Bertz CT molecular complexity index is 1590. The standard InChI is InChI=1S/C24H26N4O3S.C4H4O4/c1-16-3-8-19-23-20(26-24(19)25)9-10-21(22(16)23)27(2)15-17-4-6-18(7-5-17)32(29,30)28-11-13-31-14-12-28;5-3(6)1-2-4(7)8/h3-10H,11-15H2,1-2H3,(H2,25,26);1-2H,(H,5,6)(H,7,8)/b;2-1-. The smallest absolute Gasteiger partial charge is 0.328 e. The van der Waals surface area contributed by atoms with Crippen LogP contribution in [0.5, 0.6) is 0 Å². The molecular weight excluding hydrogens is 536 g/mol. The lowest BCUT2D eigenvalue weighted by Crippen LogP contribution is -2.40. The Hall–Kier alpha value is -4.26. The molecule has 0 radical (unpaired) electrons. The Morgan fingerprint density at radius 2 is 1.62 bits per heavy atom. The minimum atomic E-state index is -3.49. The molecular formula is C28H30N4O7S. The lowest BCUT2D eigenvalue weighted by atomic mass is 9.98. The number of carboxylic acids is 2. The number of hydrogen-bond donors (Lipinski definition) is 3. The van der Waals surface area contributed by atoms with Crippen LogP contribution in [0.3, 0.4) is 0 Å². The van der Waals surface area contributed by atoms with Crippen molar-refractivity contribution >= 4 is 49.9 Å². The number of carboxylic acid groups (broad SMARTS) is 2. The molecule has 11 nitrogen and oxygen atoms in total. The summed E-state index contributed by atoms with van der Waals surface area (Å²) in [4.78, 5) is 26.1. The van der Waals surface area contributed by atoms with Crippen LogP contribution in [-0.4, -0.2) is 74.1 Å². The van der Waals surface area contributed by atoms with Crippen LogP contribution in [0.4, 0.5) is 11.4 Å². The number of carbonyl (C=O) groups is 2. The normalized spacial score (nSPS) is 15.0. The third-order valence-corrected chi connectivity index (χ3v) is 8.49. The SMILES string of the molecule is Cc1ccc2c3c(ccc(N(C)Cc4ccc(S(=O)(=O)N5CCOCC5)cc4)c13)N=C2N.O=C(O)/C=C\C(=O)O. The molecule has 1 fully saturated rings. The maximum atomic E-state index is 12.9. The molecule has 1 saturated heterocycles. The number of aliphatic imine (C=N–C) groups is 1. The van der Waals surface area contributed by atoms with E-state index in [1.54, 1.807) is 12.1 Å². The molecule has 2 heterocycles. The fourth-order valence-electron chi connectivity index (χ4n) is 4.65. The molecule has 3 aromatic rings. The number of nitrogens with zero attached hydrogens (tertiary/aromatic N) is 3. The number of amidine groups is 1. The van der Waals surface area contributed by atoms with Crippen molar-refractivity contribution < 1.29 is 33.0 Å². The number of hydrogen-bond acceptors (Lipinski definition) is 8. The van der Waals surface area contributed by atoms with Gasteiger partial charge in [0, 0.05) is 60.9 Å². The molecule has 40 heavy (non-hydrogen) atoms. The molecule has 2 aliphatic heterocycles. The number of rotatable bonds is 7. The Morgan fingerprint density at radius 1 is 1.00 bits per heavy atom. The number of anilines is 1. The third-order valence-electron chi connectivity index (χ3n) is 6.57. The Kier molecular flexibility index (Phi) is 8.52. The molecule has 0 atom stereocenters. The molecule has 4 N–H and O–H groups in total. The highest BCUT2D eigenvalue weighted by Crippen LogP contribution is 2.41. The summed E-state index contributed by atoms with van der Waals surface area (Å²) in [7, 11) is -1.44. The van der Waals surface area contributed by atoms with Gasteiger partial charge in [-0.15, -0.1) is 0 Å². The lowest BCUT2D eigenvalue weighted by molar-refractivity contribution is -0.134. The van der Waals surface area contributed by atoms with Crippen molar-refractivity contribution in [3.63, 3.8) is 0 Å². The second-order valence-electron chi connectivity index (χ2n) is 9.31. The van der Waals surface area contributed by atoms with Gasteiger partial charge in [-0.25, -0.2) is 23.0 Å². The van der Waals surface area contributed by atoms with E-state index in [9.17, 15) is 18.0 Å². The quantitative estimate of drug-likeness (QED) is 0.365. The minimum Gasteiger partial charge on any atom is -0.478 e. The van der Waals surface area contributed by atoms with Crippen LogP contribution in [0, 0.1) is 6.92 Å². The molecule has 0 aliphatic carbocycles. The van der Waals surface area contributed by atoms with Crippen LogP contribution >= 0.6 is 0 Å². The lowest BCUT2D eigenvalue weighted by Gasteiger charge is -2.26. The first-order valence-electron chi connectivity index (χ1n) is 12.4. The first-order chi connectivity index (χ1) is 19.0. The fourth-order valence-corrected chi connectivity index (χ4v) is 6.05. The van der Waals surface area contributed by atoms with Gasteiger partial charge in [0.2, 0.25) is 10.0 Å². The van der Waals surface area contributed by atoms with Crippen molar-refractivity contribution in [1.29, 1.82) is 0 Å². The first kappa shape index (κ1) is 28.7. The predicted octanol–water partition coefficient (Wildman–Crippen LogP) is 2.87. The average molecular weight is 567 g/mol. The molecule has 12 heteroatoms. The van der Waals surface area contributed by atoms with Gasteiger partial charge in [0.05, 0.1) is 23.8 Å². The highest BCUT2D eigenvalue weighted by atomic mass is 32.2. The zero-order valence-electron chi connectivity index (χ0n) is 22.1. The van der Waals surface area contributed by atoms with Crippen LogP contribution in [0.15, 0.2) is 70.6 Å². The van der Waals surface area contributed by atoms with Crippen molar-refractivity contribution in [2.45, 2.75) is 18.4 Å². The number of aryl methyl sites for hydroxylation is 1. The Morgan fingerprint density at radius 3 is 2.23 bits per heavy atom. The highest BCUT2D eigenvalue weighted by molar-refractivity contribution is 7.89. The molecule has 0 aromatic heterocycles. The summed E-state index contributed by atoms with van der Waals surface area (Å²) < 4.78 is 32.5. The largest absolute Gasteiger partial charge is 0.478 e. The van der Waals surface area contributed by atoms with Crippen LogP contribution < -0.4 is 10.6 Å². The molecule has 2 aliphatic rings. The zero-order chi connectivity index (χ0) is 29.0. The Labute approximate surface area is 231 Å². The molecule has 210 valence electrons. The maximum absolute atomic E-state index is 12.9. The van der Waals surface area contributed by atoms with E-state index in [1.165, 1.54) is 9.87 Å². The number of morpholine rings is 1. The Balaban J connectivity index is 0.000000406. The molecule has 3 aromatic carbocycles. The van der Waals surface area contributed by atoms with E-state index in [0.717, 1.165) is 33.3 Å². The van der Waals surface area contributed by atoms with Gasteiger partial charge >= 0.3 is 11.9 Å². The minimum absolute atomic E-state index is 0.319. The molecule has 0 spiro atoms. The summed E-state index contributed by atoms with van der Waals surface area (Å²) in [5, 5.41) is 17.9. The first-order valence-corrected chi connectivity index (χ1v) is 13.9. The van der Waals surface area contributed by atoms with Crippen molar-refractivity contribution in [2.24, 2.45) is 10.7 Å². The number of aliphatic carboxylic acids is 2. The monoisotopic (exact) mass is 566 g/mol. The second kappa shape index (κ2) is 11.9. The number of ether oxygens (including phenoxy) is 1. The van der Waals surface area contributed by atoms with Crippen molar-refractivity contribution in [3.05, 3.63) is 77.4 Å². The summed E-state index contributed by atoms with van der Waals surface area (Å²) in [6, 6.07) is 15.4. The number of sulfonamides is 1. The summed E-state index contributed by atoms with van der Waals surface area (Å²) in [5.74, 6) is -1.96. The summed E-state index contributed by atoms with van der Waals surface area (Å²) >= 11 is 0. The molecule has 0 saturated carbocycles. The molecule has 0 unspecified atom stereocenters. The third kappa shape index (κ3) is 6.14. The molecule has 0 amide bonds. The van der Waals surface area contributed by atoms with Gasteiger partial charge in [-0.2, -0.15) is 4.31 Å². The number of nitrogens with two attached hydrogens (primary N) is 1. The average Bonchev–Trinajstić information content (AvgIpc) is 3.26. The van der Waals surface area contributed by atoms with Gasteiger partial charge in [-0.1, -0.05) is 24.3 Å². The predicted molar refractivity (Wildman–Crippen MR) is 152 cm³/mol. The van der Waals surface area contributed by atoms with E-state index in [4.69, 9.17) is 20.7 Å². The van der Waals surface area contributed by atoms with E-state index in [-0.39, 0.29) is 0 Å². The van der Waals surface area contributed by atoms with Gasteiger partial charge in [0.15, 0.2) is 0 Å². The van der Waals surface area contributed by atoms with Gasteiger partial charge in [-0.3, -0.25) is 0 Å². The van der Waals surface area contributed by atoms with Gasteiger partial charge < -0.3 is 25.6 Å². The van der Waals surface area contributed by atoms with Crippen LogP contribution in [0.1, 0.15) is 16.7 Å². The van der Waals surface area contributed by atoms with E-state index in [2.05, 4.69) is 28.9 Å². The topological polar surface area (TPSA) is 163 Å². The van der Waals surface area contributed by atoms with Gasteiger partial charge in [0.25, 0.3) is 0 Å². The van der Waals surface area contributed by atoms with E-state index in [1.807, 2.05) is 31.3 Å². The number of benzene rings is 3. The van der Waals surface area contributed by atoms with Crippen molar-refractivity contribution in [2.75, 3.05) is 38.3 Å². The van der Waals surface area contributed by atoms with Crippen molar-refractivity contribution in [1.82, 2.24) is 4.31 Å². The maximum Gasteiger partial charge on any atom is 0.328 e. The van der Waals surface area contributed by atoms with Gasteiger partial charge in [-0.05, 0) is 42.3 Å². The summed E-state index contributed by atoms with van der Waals surface area (Å²) in [6.07, 6.45) is 1.12. The van der Waals surface area contributed by atoms with Crippen LogP contribution in [0.2, 0.25) is 0 Å². The summed E-state index contributed by atoms with van der Waals surface area (Å²) in [6.45, 7) is 4.41. The van der Waals surface area contributed by atoms with Crippen LogP contribution in [0.25, 0.3) is 10.8 Å². The van der Waals surface area contributed by atoms with E-state index < -0.39 is 22.0 Å².